The number of amides is 1. The summed E-state index contributed by atoms with van der Waals surface area (Å²) in [7, 11) is 0. The minimum atomic E-state index is -0.231. The lowest BCUT2D eigenvalue weighted by molar-refractivity contribution is 0.0944. The van der Waals surface area contributed by atoms with Crippen LogP contribution in [-0.4, -0.2) is 34.1 Å². The lowest BCUT2D eigenvalue weighted by Gasteiger charge is -2.05. The maximum atomic E-state index is 11.8. The highest BCUT2D eigenvalue weighted by molar-refractivity contribution is 5.94. The van der Waals surface area contributed by atoms with E-state index in [0.717, 1.165) is 11.3 Å². The summed E-state index contributed by atoms with van der Waals surface area (Å²) in [5.41, 5.74) is 2.97. The minimum Gasteiger partial charge on any atom is -0.395 e. The van der Waals surface area contributed by atoms with Crippen LogP contribution < -0.4 is 5.32 Å². The summed E-state index contributed by atoms with van der Waals surface area (Å²) in [6.45, 7) is 2.13. The molecule has 0 fully saturated rings. The van der Waals surface area contributed by atoms with Crippen molar-refractivity contribution in [2.75, 3.05) is 13.2 Å². The second kappa shape index (κ2) is 6.06. The highest BCUT2D eigenvalue weighted by Crippen LogP contribution is 2.16. The summed E-state index contributed by atoms with van der Waals surface area (Å²) in [4.78, 5) is 20.2. The molecule has 0 aromatic carbocycles. The fourth-order valence-corrected chi connectivity index (χ4v) is 1.66. The van der Waals surface area contributed by atoms with E-state index < -0.39 is 0 Å². The Morgan fingerprint density at radius 3 is 2.58 bits per heavy atom. The fraction of sp³-hybridized carbons (Fsp3) is 0.214. The number of aliphatic hydroxyl groups is 1. The fourth-order valence-electron chi connectivity index (χ4n) is 1.66. The normalized spacial score (nSPS) is 10.2. The number of hydrogen-bond acceptors (Lipinski definition) is 4. The Balaban J connectivity index is 2.26. The number of carbonyl (C=O) groups is 1. The summed E-state index contributed by atoms with van der Waals surface area (Å²) in [6, 6.07) is 7.14. The van der Waals surface area contributed by atoms with Crippen LogP contribution >= 0.6 is 0 Å². The average molecular weight is 257 g/mol. The Hall–Kier alpha value is -2.27. The first kappa shape index (κ1) is 13.2. The lowest BCUT2D eigenvalue weighted by Crippen LogP contribution is -2.26. The van der Waals surface area contributed by atoms with Gasteiger partial charge in [0.2, 0.25) is 0 Å². The van der Waals surface area contributed by atoms with Crippen molar-refractivity contribution < 1.29 is 9.90 Å². The molecule has 2 heterocycles. The number of hydrogen-bond donors (Lipinski definition) is 2. The van der Waals surface area contributed by atoms with E-state index in [1.807, 2.05) is 19.1 Å². The smallest absolute Gasteiger partial charge is 0.251 e. The van der Waals surface area contributed by atoms with Crippen LogP contribution in [0.1, 0.15) is 15.9 Å². The van der Waals surface area contributed by atoms with Crippen molar-refractivity contribution in [3.63, 3.8) is 0 Å². The van der Waals surface area contributed by atoms with Gasteiger partial charge in [0, 0.05) is 24.5 Å². The standard InChI is InChI=1S/C14H15N3O2/c1-10-2-4-15-12(8-10)13-9-11(3-5-16-13)14(19)17-6-7-18/h2-5,8-9,18H,6-7H2,1H3,(H,17,19). The quantitative estimate of drug-likeness (QED) is 0.862. The van der Waals surface area contributed by atoms with Crippen molar-refractivity contribution in [1.82, 2.24) is 15.3 Å². The number of nitrogens with zero attached hydrogens (tertiary/aromatic N) is 2. The Kier molecular flexibility index (Phi) is 4.20. The van der Waals surface area contributed by atoms with Crippen LogP contribution in [0.4, 0.5) is 0 Å². The predicted molar refractivity (Wildman–Crippen MR) is 71.6 cm³/mol. The number of aromatic nitrogens is 2. The Labute approximate surface area is 111 Å². The van der Waals surface area contributed by atoms with Gasteiger partial charge in [-0.2, -0.15) is 0 Å². The monoisotopic (exact) mass is 257 g/mol. The van der Waals surface area contributed by atoms with Crippen molar-refractivity contribution in [3.05, 3.63) is 47.8 Å². The molecular formula is C14H15N3O2. The van der Waals surface area contributed by atoms with Crippen molar-refractivity contribution >= 4 is 5.91 Å². The highest BCUT2D eigenvalue weighted by Gasteiger charge is 2.08. The van der Waals surface area contributed by atoms with Gasteiger partial charge in [-0.05, 0) is 36.8 Å². The molecule has 0 aliphatic heterocycles. The molecule has 0 aliphatic rings. The van der Waals surface area contributed by atoms with E-state index in [2.05, 4.69) is 15.3 Å². The zero-order valence-corrected chi connectivity index (χ0v) is 10.6. The first-order valence-electron chi connectivity index (χ1n) is 5.99. The molecule has 0 radical (unpaired) electrons. The van der Waals surface area contributed by atoms with Crippen molar-refractivity contribution in [3.8, 4) is 11.4 Å². The highest BCUT2D eigenvalue weighted by atomic mass is 16.3. The predicted octanol–water partition coefficient (Wildman–Crippen LogP) is 1.17. The second-order valence-corrected chi connectivity index (χ2v) is 4.13. The summed E-state index contributed by atoms with van der Waals surface area (Å²) in [5, 5.41) is 11.3. The molecule has 98 valence electrons. The molecule has 2 aromatic heterocycles. The van der Waals surface area contributed by atoms with Gasteiger partial charge in [-0.15, -0.1) is 0 Å². The molecular weight excluding hydrogens is 242 g/mol. The third-order valence-electron chi connectivity index (χ3n) is 2.60. The molecule has 0 atom stereocenters. The minimum absolute atomic E-state index is 0.0802. The largest absolute Gasteiger partial charge is 0.395 e. The van der Waals surface area contributed by atoms with E-state index in [4.69, 9.17) is 5.11 Å². The van der Waals surface area contributed by atoms with Crippen LogP contribution in [0.2, 0.25) is 0 Å². The maximum Gasteiger partial charge on any atom is 0.251 e. The summed E-state index contributed by atoms with van der Waals surface area (Å²) in [6.07, 6.45) is 3.29. The van der Waals surface area contributed by atoms with E-state index in [9.17, 15) is 4.79 Å². The Bertz CT molecular complexity index is 584. The molecule has 19 heavy (non-hydrogen) atoms. The molecule has 5 heteroatoms. The number of aliphatic hydroxyl groups excluding tert-OH is 1. The van der Waals surface area contributed by atoms with E-state index in [-0.39, 0.29) is 19.1 Å². The Morgan fingerprint density at radius 1 is 1.21 bits per heavy atom. The van der Waals surface area contributed by atoms with Crippen molar-refractivity contribution in [1.29, 1.82) is 0 Å². The van der Waals surface area contributed by atoms with E-state index in [0.29, 0.717) is 11.3 Å². The first-order chi connectivity index (χ1) is 9.20. The number of pyridine rings is 2. The van der Waals surface area contributed by atoms with Gasteiger partial charge in [0.1, 0.15) is 0 Å². The molecule has 0 bridgehead atoms. The van der Waals surface area contributed by atoms with Gasteiger partial charge in [-0.1, -0.05) is 0 Å². The topological polar surface area (TPSA) is 75.1 Å². The van der Waals surface area contributed by atoms with E-state index in [1.165, 1.54) is 0 Å². The number of nitrogens with one attached hydrogen (secondary N) is 1. The summed E-state index contributed by atoms with van der Waals surface area (Å²) >= 11 is 0. The number of rotatable bonds is 4. The summed E-state index contributed by atoms with van der Waals surface area (Å²) < 4.78 is 0. The van der Waals surface area contributed by atoms with Gasteiger partial charge >= 0.3 is 0 Å². The molecule has 0 spiro atoms. The molecule has 0 aliphatic carbocycles. The zero-order chi connectivity index (χ0) is 13.7. The van der Waals surface area contributed by atoms with E-state index in [1.54, 1.807) is 24.5 Å². The van der Waals surface area contributed by atoms with Gasteiger partial charge in [0.25, 0.3) is 5.91 Å². The molecule has 0 unspecified atom stereocenters. The SMILES string of the molecule is Cc1ccnc(-c2cc(C(=O)NCCO)ccn2)c1. The van der Waals surface area contributed by atoms with Crippen molar-refractivity contribution in [2.24, 2.45) is 0 Å². The Morgan fingerprint density at radius 2 is 1.89 bits per heavy atom. The summed E-state index contributed by atoms with van der Waals surface area (Å²) in [5.74, 6) is -0.231. The molecule has 0 saturated heterocycles. The van der Waals surface area contributed by atoms with Crippen molar-refractivity contribution in [2.45, 2.75) is 6.92 Å². The number of carbonyl (C=O) groups excluding carboxylic acids is 1. The molecule has 5 nitrogen and oxygen atoms in total. The molecule has 0 saturated carbocycles. The maximum absolute atomic E-state index is 11.8. The van der Waals surface area contributed by atoms with Crippen LogP contribution in [0, 0.1) is 6.92 Å². The van der Waals surface area contributed by atoms with Crippen LogP contribution in [0.25, 0.3) is 11.4 Å². The molecule has 2 aromatic rings. The molecule has 1 amide bonds. The van der Waals surface area contributed by atoms with Gasteiger partial charge in [-0.25, -0.2) is 0 Å². The first-order valence-corrected chi connectivity index (χ1v) is 5.99. The van der Waals surface area contributed by atoms with Gasteiger partial charge in [0.05, 0.1) is 18.0 Å². The average Bonchev–Trinajstić information content (AvgIpc) is 2.45. The zero-order valence-electron chi connectivity index (χ0n) is 10.6. The van der Waals surface area contributed by atoms with Crippen LogP contribution in [0.5, 0.6) is 0 Å². The third kappa shape index (κ3) is 3.35. The molecule has 2 rings (SSSR count). The second-order valence-electron chi connectivity index (χ2n) is 4.13. The van der Waals surface area contributed by atoms with Crippen LogP contribution in [0.3, 0.4) is 0 Å². The van der Waals surface area contributed by atoms with Gasteiger partial charge in [-0.3, -0.25) is 14.8 Å². The lowest BCUT2D eigenvalue weighted by atomic mass is 10.1. The van der Waals surface area contributed by atoms with Gasteiger partial charge in [0.15, 0.2) is 0 Å². The van der Waals surface area contributed by atoms with Gasteiger partial charge < -0.3 is 10.4 Å². The third-order valence-corrected chi connectivity index (χ3v) is 2.60. The molecule has 2 N–H and O–H groups in total. The van der Waals surface area contributed by atoms with Crippen LogP contribution in [-0.2, 0) is 0 Å². The van der Waals surface area contributed by atoms with Crippen LogP contribution in [0.15, 0.2) is 36.7 Å². The number of aryl methyl sites for hydroxylation is 1. The van der Waals surface area contributed by atoms with E-state index >= 15 is 0 Å².